The molecule has 0 aliphatic heterocycles. The van der Waals surface area contributed by atoms with Gasteiger partial charge in [-0.2, -0.15) is 5.10 Å². The minimum Gasteiger partial charge on any atom is -0.491 e. The molecule has 0 fully saturated rings. The predicted molar refractivity (Wildman–Crippen MR) is 76.9 cm³/mol. The summed E-state index contributed by atoms with van der Waals surface area (Å²) in [4.78, 5) is 11.7. The van der Waals surface area contributed by atoms with Crippen LogP contribution >= 0.6 is 0 Å². The number of carbonyl (C=O) groups is 1. The Hall–Kier alpha value is -2.50. The molecule has 1 aromatic carbocycles. The summed E-state index contributed by atoms with van der Waals surface area (Å²) >= 11 is 0. The summed E-state index contributed by atoms with van der Waals surface area (Å²) in [5.74, 6) is 0.791. The summed E-state index contributed by atoms with van der Waals surface area (Å²) in [5, 5.41) is 11.8. The van der Waals surface area contributed by atoms with E-state index in [4.69, 9.17) is 4.74 Å². The minimum atomic E-state index is -0.286. The fourth-order valence-corrected chi connectivity index (χ4v) is 1.61. The van der Waals surface area contributed by atoms with Crippen LogP contribution in [0, 0.1) is 6.92 Å². The molecule has 0 spiro atoms. The summed E-state index contributed by atoms with van der Waals surface area (Å²) in [5.41, 5.74) is 1.80. The smallest absolute Gasteiger partial charge is 0.319 e. The van der Waals surface area contributed by atoms with E-state index in [-0.39, 0.29) is 12.1 Å². The number of anilines is 1. The van der Waals surface area contributed by atoms with Crippen LogP contribution in [0.4, 0.5) is 10.5 Å². The van der Waals surface area contributed by atoms with E-state index in [0.29, 0.717) is 12.3 Å². The van der Waals surface area contributed by atoms with Gasteiger partial charge in [-0.25, -0.2) is 4.79 Å². The largest absolute Gasteiger partial charge is 0.491 e. The van der Waals surface area contributed by atoms with Gasteiger partial charge in [-0.05, 0) is 26.0 Å². The second-order valence-corrected chi connectivity index (χ2v) is 4.61. The molecule has 2 aromatic rings. The SMILES string of the molecule is Cc1ccc(OCC(C)NC(=O)Nc2cn[nH]c2)cc1. The van der Waals surface area contributed by atoms with Crippen LogP contribution in [0.2, 0.25) is 0 Å². The van der Waals surface area contributed by atoms with Crippen molar-refractivity contribution in [3.8, 4) is 5.75 Å². The first kappa shape index (κ1) is 13.9. The lowest BCUT2D eigenvalue weighted by Crippen LogP contribution is -2.39. The van der Waals surface area contributed by atoms with Crippen LogP contribution in [0.15, 0.2) is 36.7 Å². The van der Waals surface area contributed by atoms with E-state index < -0.39 is 0 Å². The number of benzene rings is 1. The van der Waals surface area contributed by atoms with Crippen molar-refractivity contribution in [3.63, 3.8) is 0 Å². The number of urea groups is 1. The molecular weight excluding hydrogens is 256 g/mol. The van der Waals surface area contributed by atoms with Crippen LogP contribution in [0.25, 0.3) is 0 Å². The molecule has 6 heteroatoms. The topological polar surface area (TPSA) is 79.0 Å². The van der Waals surface area contributed by atoms with Gasteiger partial charge >= 0.3 is 6.03 Å². The molecule has 1 unspecified atom stereocenters. The number of hydrogen-bond acceptors (Lipinski definition) is 3. The number of aryl methyl sites for hydroxylation is 1. The van der Waals surface area contributed by atoms with Gasteiger partial charge in [0.05, 0.1) is 17.9 Å². The monoisotopic (exact) mass is 274 g/mol. The van der Waals surface area contributed by atoms with E-state index in [2.05, 4.69) is 20.8 Å². The molecule has 1 aromatic heterocycles. The number of aromatic nitrogens is 2. The molecule has 1 heterocycles. The van der Waals surface area contributed by atoms with Crippen LogP contribution in [0.3, 0.4) is 0 Å². The Balaban J connectivity index is 1.73. The fourth-order valence-electron chi connectivity index (χ4n) is 1.61. The number of nitrogens with zero attached hydrogens (tertiary/aromatic N) is 1. The van der Waals surface area contributed by atoms with Gasteiger partial charge in [0.1, 0.15) is 12.4 Å². The zero-order valence-electron chi connectivity index (χ0n) is 11.5. The molecule has 0 saturated carbocycles. The first-order valence-corrected chi connectivity index (χ1v) is 6.39. The first-order chi connectivity index (χ1) is 9.63. The lowest BCUT2D eigenvalue weighted by molar-refractivity contribution is 0.236. The number of aromatic amines is 1. The van der Waals surface area contributed by atoms with Gasteiger partial charge in [-0.3, -0.25) is 5.10 Å². The molecule has 2 rings (SSSR count). The Kier molecular flexibility index (Phi) is 4.60. The van der Waals surface area contributed by atoms with Crippen LogP contribution in [-0.4, -0.2) is 28.9 Å². The van der Waals surface area contributed by atoms with E-state index in [0.717, 1.165) is 5.75 Å². The van der Waals surface area contributed by atoms with Crippen LogP contribution in [0.1, 0.15) is 12.5 Å². The van der Waals surface area contributed by atoms with Crippen molar-refractivity contribution >= 4 is 11.7 Å². The van der Waals surface area contributed by atoms with Gasteiger partial charge in [0, 0.05) is 6.20 Å². The summed E-state index contributed by atoms with van der Waals surface area (Å²) in [6, 6.07) is 7.40. The van der Waals surface area contributed by atoms with E-state index >= 15 is 0 Å². The number of hydrogen-bond donors (Lipinski definition) is 3. The third kappa shape index (κ3) is 4.31. The molecule has 0 saturated heterocycles. The molecule has 0 aliphatic carbocycles. The minimum absolute atomic E-state index is 0.108. The number of amides is 2. The Morgan fingerprint density at radius 3 is 2.80 bits per heavy atom. The highest BCUT2D eigenvalue weighted by Crippen LogP contribution is 2.11. The molecule has 20 heavy (non-hydrogen) atoms. The molecule has 2 amide bonds. The van der Waals surface area contributed by atoms with Crippen LogP contribution in [-0.2, 0) is 0 Å². The van der Waals surface area contributed by atoms with Gasteiger partial charge in [0.25, 0.3) is 0 Å². The quantitative estimate of drug-likeness (QED) is 0.782. The van der Waals surface area contributed by atoms with Crippen molar-refractivity contribution in [2.75, 3.05) is 11.9 Å². The Labute approximate surface area is 117 Å². The second kappa shape index (κ2) is 6.60. The maximum absolute atomic E-state index is 11.7. The van der Waals surface area contributed by atoms with Gasteiger partial charge in [-0.1, -0.05) is 17.7 Å². The Morgan fingerprint density at radius 2 is 2.15 bits per heavy atom. The first-order valence-electron chi connectivity index (χ1n) is 6.39. The highest BCUT2D eigenvalue weighted by molar-refractivity contribution is 5.89. The predicted octanol–water partition coefficient (Wildman–Crippen LogP) is 2.31. The fraction of sp³-hybridized carbons (Fsp3) is 0.286. The summed E-state index contributed by atoms with van der Waals surface area (Å²) in [6.07, 6.45) is 3.14. The van der Waals surface area contributed by atoms with E-state index in [1.165, 1.54) is 11.8 Å². The van der Waals surface area contributed by atoms with Crippen molar-refractivity contribution in [1.82, 2.24) is 15.5 Å². The van der Waals surface area contributed by atoms with Crippen molar-refractivity contribution in [2.45, 2.75) is 19.9 Å². The molecule has 0 bridgehead atoms. The number of carbonyl (C=O) groups excluding carboxylic acids is 1. The summed E-state index contributed by atoms with van der Waals surface area (Å²) in [7, 11) is 0. The Morgan fingerprint density at radius 1 is 1.40 bits per heavy atom. The van der Waals surface area contributed by atoms with Crippen molar-refractivity contribution < 1.29 is 9.53 Å². The van der Waals surface area contributed by atoms with E-state index in [1.54, 1.807) is 6.20 Å². The number of ether oxygens (including phenoxy) is 1. The Bertz CT molecular complexity index is 537. The van der Waals surface area contributed by atoms with Crippen molar-refractivity contribution in [1.29, 1.82) is 0 Å². The average molecular weight is 274 g/mol. The number of nitrogens with one attached hydrogen (secondary N) is 3. The molecular formula is C14H18N4O2. The third-order valence-corrected chi connectivity index (χ3v) is 2.65. The maximum Gasteiger partial charge on any atom is 0.319 e. The van der Waals surface area contributed by atoms with Crippen molar-refractivity contribution in [2.24, 2.45) is 0 Å². The van der Waals surface area contributed by atoms with E-state index in [9.17, 15) is 4.79 Å². The highest BCUT2D eigenvalue weighted by Gasteiger charge is 2.08. The zero-order valence-corrected chi connectivity index (χ0v) is 11.5. The van der Waals surface area contributed by atoms with Crippen LogP contribution in [0.5, 0.6) is 5.75 Å². The van der Waals surface area contributed by atoms with Crippen LogP contribution < -0.4 is 15.4 Å². The second-order valence-electron chi connectivity index (χ2n) is 4.61. The number of H-pyrrole nitrogens is 1. The lowest BCUT2D eigenvalue weighted by atomic mass is 10.2. The van der Waals surface area contributed by atoms with Gasteiger partial charge in [0.15, 0.2) is 0 Å². The molecule has 0 aliphatic rings. The van der Waals surface area contributed by atoms with Gasteiger partial charge in [0.2, 0.25) is 0 Å². The average Bonchev–Trinajstić information content (AvgIpc) is 2.90. The molecule has 0 radical (unpaired) electrons. The summed E-state index contributed by atoms with van der Waals surface area (Å²) in [6.45, 7) is 4.30. The van der Waals surface area contributed by atoms with E-state index in [1.807, 2.05) is 38.1 Å². The normalized spacial score (nSPS) is 11.7. The third-order valence-electron chi connectivity index (χ3n) is 2.65. The molecule has 6 nitrogen and oxygen atoms in total. The molecule has 3 N–H and O–H groups in total. The maximum atomic E-state index is 11.7. The lowest BCUT2D eigenvalue weighted by Gasteiger charge is -2.15. The standard InChI is InChI=1S/C14H18N4O2/c1-10-3-5-13(6-4-10)20-9-11(2)17-14(19)18-12-7-15-16-8-12/h3-8,11H,9H2,1-2H3,(H,15,16)(H2,17,18,19). The zero-order chi connectivity index (χ0) is 14.4. The van der Waals surface area contributed by atoms with Gasteiger partial charge in [-0.15, -0.1) is 0 Å². The highest BCUT2D eigenvalue weighted by atomic mass is 16.5. The molecule has 1 atom stereocenters. The molecule has 106 valence electrons. The summed E-state index contributed by atoms with van der Waals surface area (Å²) < 4.78 is 5.60. The number of rotatable bonds is 5. The van der Waals surface area contributed by atoms with Gasteiger partial charge < -0.3 is 15.4 Å². The van der Waals surface area contributed by atoms with Crippen molar-refractivity contribution in [3.05, 3.63) is 42.2 Å².